The van der Waals surface area contributed by atoms with Crippen LogP contribution < -0.4 is 10.1 Å². The summed E-state index contributed by atoms with van der Waals surface area (Å²) < 4.78 is 45.3. The van der Waals surface area contributed by atoms with Gasteiger partial charge >= 0.3 is 6.18 Å². The molecule has 0 aliphatic carbocycles. The fourth-order valence-corrected chi connectivity index (χ4v) is 2.85. The zero-order chi connectivity index (χ0) is 20.5. The smallest absolute Gasteiger partial charge is 0.416 e. The Hall–Kier alpha value is -3.00. The van der Waals surface area contributed by atoms with Crippen molar-refractivity contribution in [1.82, 2.24) is 9.78 Å². The Morgan fingerprint density at radius 3 is 2.64 bits per heavy atom. The van der Waals surface area contributed by atoms with Crippen LogP contribution in [0.1, 0.15) is 21.6 Å². The quantitative estimate of drug-likeness (QED) is 0.651. The maximum Gasteiger partial charge on any atom is 0.416 e. The van der Waals surface area contributed by atoms with E-state index in [1.807, 2.05) is 0 Å². The largest absolute Gasteiger partial charge is 0.495 e. The van der Waals surface area contributed by atoms with Crippen molar-refractivity contribution in [2.24, 2.45) is 0 Å². The molecule has 3 aromatic rings. The van der Waals surface area contributed by atoms with E-state index in [4.69, 9.17) is 16.3 Å². The molecule has 0 fully saturated rings. The molecule has 0 bridgehead atoms. The number of hydrogen-bond acceptors (Lipinski definition) is 3. The molecule has 2 aromatic carbocycles. The van der Waals surface area contributed by atoms with Crippen LogP contribution in [-0.4, -0.2) is 22.8 Å². The van der Waals surface area contributed by atoms with E-state index in [9.17, 15) is 18.0 Å². The van der Waals surface area contributed by atoms with E-state index in [1.165, 1.54) is 36.2 Å². The lowest BCUT2D eigenvalue weighted by Gasteiger charge is -2.11. The molecule has 1 heterocycles. The average Bonchev–Trinajstić information content (AvgIpc) is 3.03. The Morgan fingerprint density at radius 1 is 1.21 bits per heavy atom. The second kappa shape index (κ2) is 7.55. The molecule has 28 heavy (non-hydrogen) atoms. The topological polar surface area (TPSA) is 56.1 Å². The van der Waals surface area contributed by atoms with Crippen molar-refractivity contribution in [3.8, 4) is 11.4 Å². The molecule has 146 valence electrons. The standard InChI is InChI=1S/C19H15ClF3N3O2/c1-11-15(18(27)25-16-9-13(20)6-7-17(16)28-2)10-24-26(11)14-5-3-4-12(8-14)19(21,22)23/h3-10H,1-2H3,(H,25,27). The zero-order valence-electron chi connectivity index (χ0n) is 14.8. The summed E-state index contributed by atoms with van der Waals surface area (Å²) in [6.07, 6.45) is -3.18. The van der Waals surface area contributed by atoms with Crippen molar-refractivity contribution >= 4 is 23.2 Å². The van der Waals surface area contributed by atoms with Crippen LogP contribution in [0.5, 0.6) is 5.75 Å². The van der Waals surface area contributed by atoms with Gasteiger partial charge in [-0.2, -0.15) is 18.3 Å². The van der Waals surface area contributed by atoms with Crippen molar-refractivity contribution < 1.29 is 22.7 Å². The van der Waals surface area contributed by atoms with E-state index in [-0.39, 0.29) is 11.3 Å². The summed E-state index contributed by atoms with van der Waals surface area (Å²) in [6.45, 7) is 1.59. The first-order valence-electron chi connectivity index (χ1n) is 8.08. The highest BCUT2D eigenvalue weighted by Crippen LogP contribution is 2.31. The SMILES string of the molecule is COc1ccc(Cl)cc1NC(=O)c1cnn(-c2cccc(C(F)(F)F)c2)c1C. The van der Waals surface area contributed by atoms with Crippen molar-refractivity contribution in [3.63, 3.8) is 0 Å². The van der Waals surface area contributed by atoms with Crippen molar-refractivity contribution in [1.29, 1.82) is 0 Å². The summed E-state index contributed by atoms with van der Waals surface area (Å²) in [5.41, 5.74) is 0.366. The molecule has 0 aliphatic rings. The number of methoxy groups -OCH3 is 1. The highest BCUT2D eigenvalue weighted by atomic mass is 35.5. The van der Waals surface area contributed by atoms with Gasteiger partial charge in [-0.3, -0.25) is 4.79 Å². The Kier molecular flexibility index (Phi) is 5.33. The molecule has 0 spiro atoms. The molecular formula is C19H15ClF3N3O2. The molecule has 9 heteroatoms. The molecule has 0 radical (unpaired) electrons. The van der Waals surface area contributed by atoms with Crippen molar-refractivity contribution in [3.05, 3.63) is 70.5 Å². The number of hydrogen-bond donors (Lipinski definition) is 1. The Bertz CT molecular complexity index is 1030. The Balaban J connectivity index is 1.92. The number of carbonyl (C=O) groups is 1. The highest BCUT2D eigenvalue weighted by Gasteiger charge is 2.30. The minimum atomic E-state index is -4.47. The second-order valence-corrected chi connectivity index (χ2v) is 6.34. The third kappa shape index (κ3) is 3.96. The fraction of sp³-hybridized carbons (Fsp3) is 0.158. The van der Waals surface area contributed by atoms with E-state index < -0.39 is 17.6 Å². The molecule has 0 aliphatic heterocycles. The van der Waals surface area contributed by atoms with Crippen LogP contribution in [0.25, 0.3) is 5.69 Å². The monoisotopic (exact) mass is 409 g/mol. The maximum absolute atomic E-state index is 12.9. The van der Waals surface area contributed by atoms with Gasteiger partial charge < -0.3 is 10.1 Å². The van der Waals surface area contributed by atoms with Gasteiger partial charge in [0.1, 0.15) is 5.75 Å². The molecule has 3 rings (SSSR count). The van der Waals surface area contributed by atoms with Gasteiger partial charge in [0.25, 0.3) is 5.91 Å². The normalized spacial score (nSPS) is 11.4. The number of halogens is 4. The van der Waals surface area contributed by atoms with Gasteiger partial charge in [-0.05, 0) is 43.3 Å². The summed E-state index contributed by atoms with van der Waals surface area (Å²) in [4.78, 5) is 12.6. The Labute approximate surface area is 163 Å². The van der Waals surface area contributed by atoms with Gasteiger partial charge in [-0.25, -0.2) is 4.68 Å². The number of ether oxygens (including phenoxy) is 1. The van der Waals surface area contributed by atoms with Gasteiger partial charge in [0.2, 0.25) is 0 Å². The summed E-state index contributed by atoms with van der Waals surface area (Å²) in [5.74, 6) is -0.0723. The first-order chi connectivity index (χ1) is 13.2. The molecule has 0 saturated carbocycles. The number of nitrogens with one attached hydrogen (secondary N) is 1. The summed E-state index contributed by atoms with van der Waals surface area (Å²) in [5, 5.41) is 7.15. The van der Waals surface area contributed by atoms with Crippen LogP contribution in [0, 0.1) is 6.92 Å². The minimum absolute atomic E-state index is 0.201. The molecule has 5 nitrogen and oxygen atoms in total. The van der Waals surface area contributed by atoms with E-state index in [1.54, 1.807) is 19.1 Å². The van der Waals surface area contributed by atoms with E-state index in [0.717, 1.165) is 12.1 Å². The number of anilines is 1. The van der Waals surface area contributed by atoms with Gasteiger partial charge in [0.15, 0.2) is 0 Å². The summed E-state index contributed by atoms with van der Waals surface area (Å²) in [6, 6.07) is 9.48. The third-order valence-electron chi connectivity index (χ3n) is 4.08. The van der Waals surface area contributed by atoms with Crippen LogP contribution in [0.2, 0.25) is 5.02 Å². The lowest BCUT2D eigenvalue weighted by atomic mass is 10.2. The number of nitrogens with zero attached hydrogens (tertiary/aromatic N) is 2. The second-order valence-electron chi connectivity index (χ2n) is 5.90. The third-order valence-corrected chi connectivity index (χ3v) is 4.32. The van der Waals surface area contributed by atoms with Crippen molar-refractivity contribution in [2.45, 2.75) is 13.1 Å². The number of rotatable bonds is 4. The lowest BCUT2D eigenvalue weighted by molar-refractivity contribution is -0.137. The predicted molar refractivity (Wildman–Crippen MR) is 99.3 cm³/mol. The van der Waals surface area contributed by atoms with Crippen LogP contribution in [0.4, 0.5) is 18.9 Å². The molecule has 1 N–H and O–H groups in total. The minimum Gasteiger partial charge on any atom is -0.495 e. The molecule has 0 atom stereocenters. The van der Waals surface area contributed by atoms with E-state index >= 15 is 0 Å². The summed E-state index contributed by atoms with van der Waals surface area (Å²) in [7, 11) is 1.45. The van der Waals surface area contributed by atoms with Crippen molar-refractivity contribution in [2.75, 3.05) is 12.4 Å². The van der Waals surface area contributed by atoms with Crippen LogP contribution >= 0.6 is 11.6 Å². The van der Waals surface area contributed by atoms with E-state index in [0.29, 0.717) is 22.2 Å². The van der Waals surface area contributed by atoms with E-state index in [2.05, 4.69) is 10.4 Å². The average molecular weight is 410 g/mol. The Morgan fingerprint density at radius 2 is 1.96 bits per heavy atom. The number of carbonyl (C=O) groups excluding carboxylic acids is 1. The molecule has 0 saturated heterocycles. The number of aromatic nitrogens is 2. The number of alkyl halides is 3. The lowest BCUT2D eigenvalue weighted by Crippen LogP contribution is -2.14. The summed E-state index contributed by atoms with van der Waals surface area (Å²) >= 11 is 5.96. The molecule has 0 unspecified atom stereocenters. The van der Waals surface area contributed by atoms with Crippen LogP contribution in [0.15, 0.2) is 48.7 Å². The fourth-order valence-electron chi connectivity index (χ4n) is 2.67. The number of amides is 1. The predicted octanol–water partition coefficient (Wildman–Crippen LogP) is 5.11. The van der Waals surface area contributed by atoms with Gasteiger partial charge in [0, 0.05) is 5.02 Å². The first-order valence-corrected chi connectivity index (χ1v) is 8.45. The first kappa shape index (κ1) is 19.8. The molecule has 1 aromatic heterocycles. The number of benzene rings is 2. The zero-order valence-corrected chi connectivity index (χ0v) is 15.6. The maximum atomic E-state index is 12.9. The van der Waals surface area contributed by atoms with Crippen LogP contribution in [0.3, 0.4) is 0 Å². The van der Waals surface area contributed by atoms with Crippen LogP contribution in [-0.2, 0) is 6.18 Å². The van der Waals surface area contributed by atoms with Gasteiger partial charge in [-0.1, -0.05) is 17.7 Å². The van der Waals surface area contributed by atoms with Gasteiger partial charge in [0.05, 0.1) is 41.5 Å². The highest BCUT2D eigenvalue weighted by molar-refractivity contribution is 6.31. The molecule has 1 amide bonds. The van der Waals surface area contributed by atoms with Gasteiger partial charge in [-0.15, -0.1) is 0 Å². The molecular weight excluding hydrogens is 395 g/mol.